The first-order valence-electron chi connectivity index (χ1n) is 7.22. The number of aromatic nitrogens is 1. The standard InChI is InChI=1S/C17H19FN2/c1-2-12-4-3-9-19-17(12)11-20-16-8-5-13-10-14(18)6-7-15(13)16/h3-4,6-7,9-10,16,20H,2,5,8,11H2,1H3. The fourth-order valence-electron chi connectivity index (χ4n) is 2.97. The molecule has 1 aliphatic carbocycles. The Bertz CT molecular complexity index is 610. The Morgan fingerprint density at radius 3 is 3.10 bits per heavy atom. The van der Waals surface area contributed by atoms with Crippen molar-refractivity contribution >= 4 is 0 Å². The normalized spacial score (nSPS) is 17.2. The molecule has 0 spiro atoms. The van der Waals surface area contributed by atoms with Crippen LogP contribution in [0.2, 0.25) is 0 Å². The van der Waals surface area contributed by atoms with E-state index in [-0.39, 0.29) is 5.82 Å². The van der Waals surface area contributed by atoms with E-state index >= 15 is 0 Å². The van der Waals surface area contributed by atoms with Crippen molar-refractivity contribution in [3.05, 3.63) is 64.7 Å². The number of fused-ring (bicyclic) bond motifs is 1. The Kier molecular flexibility index (Phi) is 3.79. The summed E-state index contributed by atoms with van der Waals surface area (Å²) in [5, 5.41) is 3.56. The van der Waals surface area contributed by atoms with Crippen molar-refractivity contribution in [2.45, 2.75) is 38.8 Å². The van der Waals surface area contributed by atoms with E-state index in [0.717, 1.165) is 37.1 Å². The summed E-state index contributed by atoms with van der Waals surface area (Å²) in [5.41, 5.74) is 4.78. The molecule has 0 saturated heterocycles. The Balaban J connectivity index is 1.72. The molecule has 0 aliphatic heterocycles. The molecule has 1 atom stereocenters. The molecule has 1 heterocycles. The molecule has 1 aliphatic rings. The highest BCUT2D eigenvalue weighted by Gasteiger charge is 2.22. The summed E-state index contributed by atoms with van der Waals surface area (Å²) in [6, 6.07) is 9.55. The lowest BCUT2D eigenvalue weighted by atomic mass is 10.1. The van der Waals surface area contributed by atoms with Gasteiger partial charge < -0.3 is 5.32 Å². The maximum absolute atomic E-state index is 13.2. The van der Waals surface area contributed by atoms with Crippen molar-refractivity contribution in [3.63, 3.8) is 0 Å². The average Bonchev–Trinajstić information content (AvgIpc) is 2.87. The van der Waals surface area contributed by atoms with Gasteiger partial charge in [-0.25, -0.2) is 4.39 Å². The molecule has 20 heavy (non-hydrogen) atoms. The van der Waals surface area contributed by atoms with Crippen molar-refractivity contribution < 1.29 is 4.39 Å². The molecule has 3 rings (SSSR count). The van der Waals surface area contributed by atoms with Crippen molar-refractivity contribution in [1.82, 2.24) is 10.3 Å². The van der Waals surface area contributed by atoms with Crippen LogP contribution in [0, 0.1) is 5.82 Å². The van der Waals surface area contributed by atoms with E-state index in [1.165, 1.54) is 11.1 Å². The number of hydrogen-bond acceptors (Lipinski definition) is 2. The van der Waals surface area contributed by atoms with Gasteiger partial charge in [0, 0.05) is 18.8 Å². The van der Waals surface area contributed by atoms with Gasteiger partial charge in [0.15, 0.2) is 0 Å². The minimum absolute atomic E-state index is 0.137. The van der Waals surface area contributed by atoms with Gasteiger partial charge in [0.25, 0.3) is 0 Å². The highest BCUT2D eigenvalue weighted by molar-refractivity contribution is 5.35. The highest BCUT2D eigenvalue weighted by Crippen LogP contribution is 2.31. The zero-order chi connectivity index (χ0) is 13.9. The van der Waals surface area contributed by atoms with E-state index in [1.54, 1.807) is 12.1 Å². The zero-order valence-corrected chi connectivity index (χ0v) is 11.7. The van der Waals surface area contributed by atoms with E-state index in [1.807, 2.05) is 18.3 Å². The van der Waals surface area contributed by atoms with E-state index in [9.17, 15) is 4.39 Å². The van der Waals surface area contributed by atoms with Crippen LogP contribution in [-0.4, -0.2) is 4.98 Å². The predicted molar refractivity (Wildman–Crippen MR) is 77.9 cm³/mol. The first-order chi connectivity index (χ1) is 9.78. The summed E-state index contributed by atoms with van der Waals surface area (Å²) in [7, 11) is 0. The number of pyridine rings is 1. The lowest BCUT2D eigenvalue weighted by Crippen LogP contribution is -2.20. The summed E-state index contributed by atoms with van der Waals surface area (Å²) in [6.07, 6.45) is 4.83. The molecule has 3 heteroatoms. The summed E-state index contributed by atoms with van der Waals surface area (Å²) in [4.78, 5) is 4.46. The molecule has 0 bridgehead atoms. The van der Waals surface area contributed by atoms with Crippen LogP contribution in [0.4, 0.5) is 4.39 Å². The van der Waals surface area contributed by atoms with E-state index in [2.05, 4.69) is 23.3 Å². The van der Waals surface area contributed by atoms with Gasteiger partial charge in [-0.3, -0.25) is 4.98 Å². The van der Waals surface area contributed by atoms with Gasteiger partial charge in [0.2, 0.25) is 0 Å². The summed E-state index contributed by atoms with van der Waals surface area (Å²) in [6.45, 7) is 2.92. The summed E-state index contributed by atoms with van der Waals surface area (Å²) >= 11 is 0. The summed E-state index contributed by atoms with van der Waals surface area (Å²) in [5.74, 6) is -0.137. The van der Waals surface area contributed by atoms with Gasteiger partial charge in [-0.15, -0.1) is 0 Å². The maximum Gasteiger partial charge on any atom is 0.123 e. The molecular weight excluding hydrogens is 251 g/mol. The zero-order valence-electron chi connectivity index (χ0n) is 11.7. The lowest BCUT2D eigenvalue weighted by molar-refractivity contribution is 0.523. The van der Waals surface area contributed by atoms with Crippen LogP contribution in [0.3, 0.4) is 0 Å². The van der Waals surface area contributed by atoms with Crippen LogP contribution < -0.4 is 5.32 Å². The largest absolute Gasteiger partial charge is 0.304 e. The molecule has 1 N–H and O–H groups in total. The Morgan fingerprint density at radius 1 is 1.35 bits per heavy atom. The molecule has 0 radical (unpaired) electrons. The Morgan fingerprint density at radius 2 is 2.25 bits per heavy atom. The predicted octanol–water partition coefficient (Wildman–Crippen LogP) is 3.56. The van der Waals surface area contributed by atoms with E-state index < -0.39 is 0 Å². The summed E-state index contributed by atoms with van der Waals surface area (Å²) < 4.78 is 13.2. The fourth-order valence-corrected chi connectivity index (χ4v) is 2.97. The van der Waals surface area contributed by atoms with E-state index in [4.69, 9.17) is 0 Å². The molecule has 1 aromatic carbocycles. The van der Waals surface area contributed by atoms with Crippen LogP contribution in [0.5, 0.6) is 0 Å². The second kappa shape index (κ2) is 5.71. The van der Waals surface area contributed by atoms with Gasteiger partial charge >= 0.3 is 0 Å². The van der Waals surface area contributed by atoms with Crippen LogP contribution in [-0.2, 0) is 19.4 Å². The molecule has 104 valence electrons. The smallest absolute Gasteiger partial charge is 0.123 e. The molecule has 0 saturated carbocycles. The van der Waals surface area contributed by atoms with Crippen LogP contribution >= 0.6 is 0 Å². The first kappa shape index (κ1) is 13.3. The minimum atomic E-state index is -0.137. The van der Waals surface area contributed by atoms with Crippen molar-refractivity contribution in [2.75, 3.05) is 0 Å². The van der Waals surface area contributed by atoms with Gasteiger partial charge in [0.1, 0.15) is 5.82 Å². The van der Waals surface area contributed by atoms with Gasteiger partial charge in [-0.2, -0.15) is 0 Å². The lowest BCUT2D eigenvalue weighted by Gasteiger charge is -2.15. The van der Waals surface area contributed by atoms with Crippen molar-refractivity contribution in [1.29, 1.82) is 0 Å². The number of nitrogens with one attached hydrogen (secondary N) is 1. The third-order valence-electron chi connectivity index (χ3n) is 4.06. The number of rotatable bonds is 4. The van der Waals surface area contributed by atoms with Gasteiger partial charge in [-0.05, 0) is 54.2 Å². The number of hydrogen-bond donors (Lipinski definition) is 1. The van der Waals surface area contributed by atoms with E-state index in [0.29, 0.717) is 6.04 Å². The molecular formula is C17H19FN2. The number of aryl methyl sites for hydroxylation is 2. The highest BCUT2D eigenvalue weighted by atomic mass is 19.1. The van der Waals surface area contributed by atoms with Crippen LogP contribution in [0.15, 0.2) is 36.5 Å². The third-order valence-corrected chi connectivity index (χ3v) is 4.06. The van der Waals surface area contributed by atoms with Gasteiger partial charge in [0.05, 0.1) is 5.69 Å². The molecule has 2 nitrogen and oxygen atoms in total. The number of benzene rings is 1. The average molecular weight is 270 g/mol. The van der Waals surface area contributed by atoms with Gasteiger partial charge in [-0.1, -0.05) is 19.1 Å². The number of halogens is 1. The second-order valence-electron chi connectivity index (χ2n) is 5.28. The monoisotopic (exact) mass is 270 g/mol. The topological polar surface area (TPSA) is 24.9 Å². The van der Waals surface area contributed by atoms with Crippen molar-refractivity contribution in [2.24, 2.45) is 0 Å². The number of nitrogens with zero attached hydrogens (tertiary/aromatic N) is 1. The molecule has 1 unspecified atom stereocenters. The third kappa shape index (κ3) is 2.59. The van der Waals surface area contributed by atoms with Crippen LogP contribution in [0.1, 0.15) is 41.8 Å². The minimum Gasteiger partial charge on any atom is -0.304 e. The van der Waals surface area contributed by atoms with Crippen LogP contribution in [0.25, 0.3) is 0 Å². The second-order valence-corrected chi connectivity index (χ2v) is 5.28. The quantitative estimate of drug-likeness (QED) is 0.919. The SMILES string of the molecule is CCc1cccnc1CNC1CCc2cc(F)ccc21. The Hall–Kier alpha value is -1.74. The fraction of sp³-hybridized carbons (Fsp3) is 0.353. The maximum atomic E-state index is 13.2. The molecule has 0 fully saturated rings. The van der Waals surface area contributed by atoms with Crippen molar-refractivity contribution in [3.8, 4) is 0 Å². The first-order valence-corrected chi connectivity index (χ1v) is 7.22. The molecule has 2 aromatic rings. The molecule has 1 aromatic heterocycles. The molecule has 0 amide bonds. The Labute approximate surface area is 119 Å².